The molecule has 0 aromatic heterocycles. The highest BCUT2D eigenvalue weighted by Gasteiger charge is 2.20. The standard InChI is InChI=1S/C22H27N3O2/c1-18-4-2-3-5-20(18)15-24-10-12-25(13-11-24)16-21(26)17-27-22-8-6-19(14-23)7-9-22/h2-9,21,26H,10-13,15-17H2,1H3. The summed E-state index contributed by atoms with van der Waals surface area (Å²) in [6.45, 7) is 7.97. The topological polar surface area (TPSA) is 59.7 Å². The van der Waals surface area contributed by atoms with Crippen molar-refractivity contribution >= 4 is 0 Å². The van der Waals surface area contributed by atoms with Crippen LogP contribution in [0.4, 0.5) is 0 Å². The van der Waals surface area contributed by atoms with E-state index in [1.807, 2.05) is 0 Å². The zero-order valence-electron chi connectivity index (χ0n) is 15.8. The van der Waals surface area contributed by atoms with Crippen molar-refractivity contribution in [3.8, 4) is 11.8 Å². The number of benzene rings is 2. The molecule has 0 radical (unpaired) electrons. The summed E-state index contributed by atoms with van der Waals surface area (Å²) in [7, 11) is 0. The monoisotopic (exact) mass is 365 g/mol. The van der Waals surface area contributed by atoms with E-state index in [2.05, 4.69) is 47.1 Å². The van der Waals surface area contributed by atoms with Gasteiger partial charge in [0.2, 0.25) is 0 Å². The maximum Gasteiger partial charge on any atom is 0.119 e. The normalized spacial score (nSPS) is 16.6. The summed E-state index contributed by atoms with van der Waals surface area (Å²) in [4.78, 5) is 4.76. The number of piperazine rings is 1. The Hall–Kier alpha value is -2.39. The Labute approximate surface area is 161 Å². The first-order valence-corrected chi connectivity index (χ1v) is 9.44. The maximum absolute atomic E-state index is 10.3. The van der Waals surface area contributed by atoms with Crippen molar-refractivity contribution in [2.24, 2.45) is 0 Å². The van der Waals surface area contributed by atoms with Gasteiger partial charge in [0.15, 0.2) is 0 Å². The smallest absolute Gasteiger partial charge is 0.119 e. The van der Waals surface area contributed by atoms with Gasteiger partial charge in [0, 0.05) is 39.3 Å². The third-order valence-corrected chi connectivity index (χ3v) is 5.01. The first-order chi connectivity index (χ1) is 13.1. The van der Waals surface area contributed by atoms with Gasteiger partial charge in [0.1, 0.15) is 18.5 Å². The molecular formula is C22H27N3O2. The molecule has 3 rings (SSSR count). The number of aliphatic hydroxyl groups excluding tert-OH is 1. The molecule has 5 nitrogen and oxygen atoms in total. The van der Waals surface area contributed by atoms with E-state index in [0.29, 0.717) is 17.9 Å². The first kappa shape index (κ1) is 19.4. The molecule has 142 valence electrons. The number of hydrogen-bond acceptors (Lipinski definition) is 5. The van der Waals surface area contributed by atoms with Crippen LogP contribution in [-0.2, 0) is 6.54 Å². The molecule has 1 fully saturated rings. The van der Waals surface area contributed by atoms with Gasteiger partial charge in [-0.1, -0.05) is 24.3 Å². The summed E-state index contributed by atoms with van der Waals surface area (Å²) in [6.07, 6.45) is -0.524. The molecule has 5 heteroatoms. The minimum absolute atomic E-state index is 0.259. The quantitative estimate of drug-likeness (QED) is 0.817. The van der Waals surface area contributed by atoms with Gasteiger partial charge in [-0.15, -0.1) is 0 Å². The van der Waals surface area contributed by atoms with Crippen molar-refractivity contribution in [1.29, 1.82) is 5.26 Å². The van der Waals surface area contributed by atoms with Gasteiger partial charge in [-0.2, -0.15) is 5.26 Å². The van der Waals surface area contributed by atoms with Crippen LogP contribution < -0.4 is 4.74 Å². The second-order valence-electron chi connectivity index (χ2n) is 7.10. The predicted octanol–water partition coefficient (Wildman–Crippen LogP) is 2.42. The Morgan fingerprint density at radius 2 is 1.70 bits per heavy atom. The van der Waals surface area contributed by atoms with Crippen molar-refractivity contribution in [1.82, 2.24) is 9.80 Å². The highest BCUT2D eigenvalue weighted by molar-refractivity contribution is 5.34. The van der Waals surface area contributed by atoms with E-state index in [1.165, 1.54) is 11.1 Å². The zero-order valence-corrected chi connectivity index (χ0v) is 15.8. The SMILES string of the molecule is Cc1ccccc1CN1CCN(CC(O)COc2ccc(C#N)cc2)CC1. The second kappa shape index (κ2) is 9.52. The van der Waals surface area contributed by atoms with E-state index in [9.17, 15) is 5.11 Å². The van der Waals surface area contributed by atoms with Crippen LogP contribution in [0.2, 0.25) is 0 Å². The maximum atomic E-state index is 10.3. The molecule has 1 saturated heterocycles. The summed E-state index contributed by atoms with van der Waals surface area (Å²) >= 11 is 0. The molecule has 27 heavy (non-hydrogen) atoms. The Morgan fingerprint density at radius 1 is 1.04 bits per heavy atom. The molecular weight excluding hydrogens is 338 g/mol. The lowest BCUT2D eigenvalue weighted by molar-refractivity contribution is 0.0446. The number of β-amino-alcohol motifs (C(OH)–C–C–N with tert-alkyl or cyclic N) is 1. The van der Waals surface area contributed by atoms with E-state index in [1.54, 1.807) is 24.3 Å². The highest BCUT2D eigenvalue weighted by atomic mass is 16.5. The summed E-state index contributed by atoms with van der Waals surface area (Å²) in [6, 6.07) is 17.6. The molecule has 1 aliphatic rings. The molecule has 2 aromatic carbocycles. The third-order valence-electron chi connectivity index (χ3n) is 5.01. The van der Waals surface area contributed by atoms with Gasteiger partial charge in [-0.3, -0.25) is 9.80 Å². The van der Waals surface area contributed by atoms with Crippen molar-refractivity contribution in [3.05, 3.63) is 65.2 Å². The number of nitrogens with zero attached hydrogens (tertiary/aromatic N) is 3. The fourth-order valence-electron chi connectivity index (χ4n) is 3.33. The molecule has 1 N–H and O–H groups in total. The summed E-state index contributed by atoms with van der Waals surface area (Å²) in [5.41, 5.74) is 3.34. The van der Waals surface area contributed by atoms with Gasteiger partial charge in [0.25, 0.3) is 0 Å². The average Bonchev–Trinajstić information content (AvgIpc) is 2.70. The Kier molecular flexibility index (Phi) is 6.83. The summed E-state index contributed by atoms with van der Waals surface area (Å²) in [5.74, 6) is 0.677. The van der Waals surface area contributed by atoms with Crippen molar-refractivity contribution < 1.29 is 9.84 Å². The molecule has 1 heterocycles. The van der Waals surface area contributed by atoms with Crippen LogP contribution in [0.25, 0.3) is 0 Å². The van der Waals surface area contributed by atoms with Crippen LogP contribution in [0.3, 0.4) is 0 Å². The van der Waals surface area contributed by atoms with Gasteiger partial charge >= 0.3 is 0 Å². The van der Waals surface area contributed by atoms with Gasteiger partial charge in [0.05, 0.1) is 11.6 Å². The lowest BCUT2D eigenvalue weighted by Gasteiger charge is -2.35. The number of ether oxygens (including phenoxy) is 1. The van der Waals surface area contributed by atoms with Crippen molar-refractivity contribution in [3.63, 3.8) is 0 Å². The van der Waals surface area contributed by atoms with Crippen LogP contribution in [0.15, 0.2) is 48.5 Å². The zero-order chi connectivity index (χ0) is 19.1. The Balaban J connectivity index is 1.38. The van der Waals surface area contributed by atoms with E-state index >= 15 is 0 Å². The van der Waals surface area contributed by atoms with Crippen LogP contribution >= 0.6 is 0 Å². The van der Waals surface area contributed by atoms with Gasteiger partial charge in [-0.25, -0.2) is 0 Å². The number of rotatable bonds is 7. The molecule has 2 aromatic rings. The van der Waals surface area contributed by atoms with Crippen LogP contribution in [0, 0.1) is 18.3 Å². The van der Waals surface area contributed by atoms with Crippen molar-refractivity contribution in [2.75, 3.05) is 39.3 Å². The van der Waals surface area contributed by atoms with E-state index < -0.39 is 6.10 Å². The molecule has 0 aliphatic carbocycles. The largest absolute Gasteiger partial charge is 0.491 e. The first-order valence-electron chi connectivity index (χ1n) is 9.44. The second-order valence-corrected chi connectivity index (χ2v) is 7.10. The fourth-order valence-corrected chi connectivity index (χ4v) is 3.33. The van der Waals surface area contributed by atoms with E-state index in [-0.39, 0.29) is 6.61 Å². The number of aliphatic hydroxyl groups is 1. The lowest BCUT2D eigenvalue weighted by Crippen LogP contribution is -2.48. The number of aryl methyl sites for hydroxylation is 1. The van der Waals surface area contributed by atoms with Crippen LogP contribution in [0.5, 0.6) is 5.75 Å². The van der Waals surface area contributed by atoms with Crippen LogP contribution in [-0.4, -0.2) is 60.3 Å². The Morgan fingerprint density at radius 3 is 2.37 bits per heavy atom. The molecule has 0 saturated carbocycles. The minimum atomic E-state index is -0.524. The minimum Gasteiger partial charge on any atom is -0.491 e. The van der Waals surface area contributed by atoms with Gasteiger partial charge in [-0.05, 0) is 42.3 Å². The Bertz CT molecular complexity index is 762. The third kappa shape index (κ3) is 5.80. The van der Waals surface area contributed by atoms with Gasteiger partial charge < -0.3 is 9.84 Å². The molecule has 0 spiro atoms. The van der Waals surface area contributed by atoms with E-state index in [0.717, 1.165) is 32.7 Å². The predicted molar refractivity (Wildman–Crippen MR) is 106 cm³/mol. The lowest BCUT2D eigenvalue weighted by atomic mass is 10.1. The summed E-state index contributed by atoms with van der Waals surface area (Å²) in [5, 5.41) is 19.1. The van der Waals surface area contributed by atoms with Crippen molar-refractivity contribution in [2.45, 2.75) is 19.6 Å². The number of hydrogen-bond donors (Lipinski definition) is 1. The molecule has 1 atom stereocenters. The highest BCUT2D eigenvalue weighted by Crippen LogP contribution is 2.14. The molecule has 1 unspecified atom stereocenters. The number of nitriles is 1. The molecule has 1 aliphatic heterocycles. The fraction of sp³-hybridized carbons (Fsp3) is 0.409. The van der Waals surface area contributed by atoms with E-state index in [4.69, 9.17) is 10.00 Å². The molecule has 0 amide bonds. The summed E-state index contributed by atoms with van der Waals surface area (Å²) < 4.78 is 5.63. The van der Waals surface area contributed by atoms with Crippen LogP contribution in [0.1, 0.15) is 16.7 Å². The molecule has 0 bridgehead atoms. The average molecular weight is 365 g/mol.